The van der Waals surface area contributed by atoms with Gasteiger partial charge >= 0.3 is 0 Å². The SMILES string of the molecule is CCOc1ccc(C2C(C(N)=O)=C(C)Nc3nc(-c4ccc(F)cc4)nn32)cc1. The zero-order valence-electron chi connectivity index (χ0n) is 16.0. The minimum atomic E-state index is -0.543. The van der Waals surface area contributed by atoms with E-state index >= 15 is 0 Å². The molecular formula is C21H20FN5O2. The Labute approximate surface area is 167 Å². The van der Waals surface area contributed by atoms with Gasteiger partial charge in [-0.3, -0.25) is 4.79 Å². The van der Waals surface area contributed by atoms with Gasteiger partial charge in [0.2, 0.25) is 11.9 Å². The van der Waals surface area contributed by atoms with E-state index in [9.17, 15) is 9.18 Å². The highest BCUT2D eigenvalue weighted by Gasteiger charge is 2.33. The normalized spacial score (nSPS) is 15.6. The summed E-state index contributed by atoms with van der Waals surface area (Å²) >= 11 is 0. The number of amides is 1. The van der Waals surface area contributed by atoms with Gasteiger partial charge in [-0.05, 0) is 55.8 Å². The number of rotatable bonds is 5. The third kappa shape index (κ3) is 3.44. The van der Waals surface area contributed by atoms with Crippen LogP contribution in [0.3, 0.4) is 0 Å². The Morgan fingerprint density at radius 1 is 1.21 bits per heavy atom. The Morgan fingerprint density at radius 2 is 1.90 bits per heavy atom. The average Bonchev–Trinajstić information content (AvgIpc) is 3.11. The highest BCUT2D eigenvalue weighted by Crippen LogP contribution is 2.36. The molecule has 1 unspecified atom stereocenters. The van der Waals surface area contributed by atoms with E-state index in [1.807, 2.05) is 31.2 Å². The lowest BCUT2D eigenvalue weighted by Gasteiger charge is -2.27. The van der Waals surface area contributed by atoms with Crippen LogP contribution in [0.1, 0.15) is 25.5 Å². The number of nitrogens with two attached hydrogens (primary N) is 1. The second kappa shape index (κ2) is 7.38. The zero-order chi connectivity index (χ0) is 20.5. The summed E-state index contributed by atoms with van der Waals surface area (Å²) in [4.78, 5) is 16.8. The summed E-state index contributed by atoms with van der Waals surface area (Å²) in [5.74, 6) is 0.750. The molecule has 0 aliphatic carbocycles. The molecule has 148 valence electrons. The van der Waals surface area contributed by atoms with Crippen LogP contribution in [0.5, 0.6) is 5.75 Å². The van der Waals surface area contributed by atoms with Crippen LogP contribution in [0.25, 0.3) is 11.4 Å². The average molecular weight is 393 g/mol. The zero-order valence-corrected chi connectivity index (χ0v) is 16.0. The molecule has 0 saturated carbocycles. The molecule has 0 radical (unpaired) electrons. The van der Waals surface area contributed by atoms with E-state index in [2.05, 4.69) is 15.4 Å². The van der Waals surface area contributed by atoms with E-state index in [4.69, 9.17) is 10.5 Å². The van der Waals surface area contributed by atoms with Gasteiger partial charge in [0.15, 0.2) is 5.82 Å². The first kappa shape index (κ1) is 18.7. The molecule has 1 aliphatic heterocycles. The van der Waals surface area contributed by atoms with Crippen molar-refractivity contribution in [3.63, 3.8) is 0 Å². The molecule has 4 rings (SSSR count). The van der Waals surface area contributed by atoms with Gasteiger partial charge in [-0.2, -0.15) is 4.98 Å². The first-order valence-electron chi connectivity index (χ1n) is 9.20. The number of fused-ring (bicyclic) bond motifs is 1. The third-order valence-electron chi connectivity index (χ3n) is 4.73. The Bertz CT molecular complexity index is 1090. The number of allylic oxidation sites excluding steroid dienone is 1. The monoisotopic (exact) mass is 393 g/mol. The van der Waals surface area contributed by atoms with E-state index in [1.54, 1.807) is 23.7 Å². The molecule has 0 spiro atoms. The number of nitrogens with one attached hydrogen (secondary N) is 1. The Hall–Kier alpha value is -3.68. The number of aromatic nitrogens is 3. The Balaban J connectivity index is 1.81. The summed E-state index contributed by atoms with van der Waals surface area (Å²) in [6, 6.07) is 12.8. The number of halogens is 1. The number of hydrogen-bond donors (Lipinski definition) is 2. The van der Waals surface area contributed by atoms with Crippen molar-refractivity contribution < 1.29 is 13.9 Å². The number of carbonyl (C=O) groups is 1. The van der Waals surface area contributed by atoms with Gasteiger partial charge in [0.25, 0.3) is 0 Å². The number of carbonyl (C=O) groups excluding carboxylic acids is 1. The molecule has 7 nitrogen and oxygen atoms in total. The van der Waals surface area contributed by atoms with Crippen molar-refractivity contribution in [3.05, 3.63) is 71.2 Å². The lowest BCUT2D eigenvalue weighted by atomic mass is 9.95. The molecule has 2 heterocycles. The molecule has 0 fully saturated rings. The minimum Gasteiger partial charge on any atom is -0.494 e. The van der Waals surface area contributed by atoms with E-state index in [0.717, 1.165) is 11.3 Å². The van der Waals surface area contributed by atoms with Gasteiger partial charge in [0, 0.05) is 11.3 Å². The van der Waals surface area contributed by atoms with Crippen molar-refractivity contribution in [2.75, 3.05) is 11.9 Å². The number of nitrogens with zero attached hydrogens (tertiary/aromatic N) is 3. The smallest absolute Gasteiger partial charge is 0.248 e. The Morgan fingerprint density at radius 3 is 2.52 bits per heavy atom. The highest BCUT2D eigenvalue weighted by atomic mass is 19.1. The van der Waals surface area contributed by atoms with Crippen molar-refractivity contribution in [1.29, 1.82) is 0 Å². The summed E-state index contributed by atoms with van der Waals surface area (Å²) in [5, 5.41) is 7.68. The lowest BCUT2D eigenvalue weighted by Crippen LogP contribution is -2.31. The highest BCUT2D eigenvalue weighted by molar-refractivity contribution is 5.95. The summed E-state index contributed by atoms with van der Waals surface area (Å²) in [6.45, 7) is 4.25. The summed E-state index contributed by atoms with van der Waals surface area (Å²) in [7, 11) is 0. The van der Waals surface area contributed by atoms with Crippen molar-refractivity contribution in [2.45, 2.75) is 19.9 Å². The molecule has 3 N–H and O–H groups in total. The second-order valence-electron chi connectivity index (χ2n) is 6.64. The van der Waals surface area contributed by atoms with Gasteiger partial charge in [0.1, 0.15) is 17.6 Å². The summed E-state index contributed by atoms with van der Waals surface area (Å²) in [6.07, 6.45) is 0. The van der Waals surface area contributed by atoms with E-state index in [0.29, 0.717) is 35.2 Å². The van der Waals surface area contributed by atoms with Gasteiger partial charge in [-0.15, -0.1) is 5.10 Å². The maximum absolute atomic E-state index is 13.3. The molecule has 1 amide bonds. The van der Waals surface area contributed by atoms with Crippen LogP contribution in [0.4, 0.5) is 10.3 Å². The second-order valence-corrected chi connectivity index (χ2v) is 6.64. The third-order valence-corrected chi connectivity index (χ3v) is 4.73. The molecule has 0 bridgehead atoms. The predicted molar refractivity (Wildman–Crippen MR) is 107 cm³/mol. The fourth-order valence-corrected chi connectivity index (χ4v) is 3.41. The van der Waals surface area contributed by atoms with Crippen molar-refractivity contribution >= 4 is 11.9 Å². The summed E-state index contributed by atoms with van der Waals surface area (Å²) in [5.41, 5.74) is 8.19. The van der Waals surface area contributed by atoms with Crippen LogP contribution in [0.2, 0.25) is 0 Å². The van der Waals surface area contributed by atoms with E-state index < -0.39 is 11.9 Å². The largest absolute Gasteiger partial charge is 0.494 e. The topological polar surface area (TPSA) is 95.1 Å². The first-order chi connectivity index (χ1) is 14.0. The number of ether oxygens (including phenoxy) is 1. The van der Waals surface area contributed by atoms with Crippen LogP contribution in [-0.4, -0.2) is 27.3 Å². The van der Waals surface area contributed by atoms with Gasteiger partial charge in [0.05, 0.1) is 12.2 Å². The molecule has 29 heavy (non-hydrogen) atoms. The van der Waals surface area contributed by atoms with Gasteiger partial charge in [-0.25, -0.2) is 9.07 Å². The molecule has 8 heteroatoms. The Kier molecular flexibility index (Phi) is 4.75. The molecule has 2 aromatic carbocycles. The van der Waals surface area contributed by atoms with Crippen molar-refractivity contribution in [2.24, 2.45) is 5.73 Å². The van der Waals surface area contributed by atoms with Gasteiger partial charge < -0.3 is 15.8 Å². The fourth-order valence-electron chi connectivity index (χ4n) is 3.41. The maximum atomic E-state index is 13.3. The standard InChI is InChI=1S/C21H20FN5O2/c1-3-29-16-10-6-13(7-11-16)18-17(19(23)28)12(2)24-21-25-20(26-27(18)21)14-4-8-15(22)9-5-14/h4-11,18H,3H2,1-2H3,(H2,23,28)(H,24,25,26). The maximum Gasteiger partial charge on any atom is 0.248 e. The molecule has 1 aliphatic rings. The van der Waals surface area contributed by atoms with Crippen molar-refractivity contribution in [3.8, 4) is 17.1 Å². The lowest BCUT2D eigenvalue weighted by molar-refractivity contribution is -0.115. The van der Waals surface area contributed by atoms with Gasteiger partial charge in [-0.1, -0.05) is 12.1 Å². The molecule has 1 atom stereocenters. The quantitative estimate of drug-likeness (QED) is 0.694. The molecule has 3 aromatic rings. The van der Waals surface area contributed by atoms with Crippen LogP contribution in [-0.2, 0) is 4.79 Å². The minimum absolute atomic E-state index is 0.336. The fraction of sp³-hybridized carbons (Fsp3) is 0.190. The molecular weight excluding hydrogens is 373 g/mol. The predicted octanol–water partition coefficient (Wildman–Crippen LogP) is 3.26. The molecule has 1 aromatic heterocycles. The number of benzene rings is 2. The van der Waals surface area contributed by atoms with Crippen LogP contribution in [0, 0.1) is 5.82 Å². The summed E-state index contributed by atoms with van der Waals surface area (Å²) < 4.78 is 20.4. The van der Waals surface area contributed by atoms with Crippen molar-refractivity contribution in [1.82, 2.24) is 14.8 Å². The van der Waals surface area contributed by atoms with Crippen LogP contribution >= 0.6 is 0 Å². The van der Waals surface area contributed by atoms with Crippen LogP contribution in [0.15, 0.2) is 59.8 Å². The van der Waals surface area contributed by atoms with E-state index in [1.165, 1.54) is 12.1 Å². The first-order valence-corrected chi connectivity index (χ1v) is 9.20. The van der Waals surface area contributed by atoms with Crippen LogP contribution < -0.4 is 15.8 Å². The van der Waals surface area contributed by atoms with E-state index in [-0.39, 0.29) is 5.82 Å². The number of primary amides is 1. The number of anilines is 1. The number of hydrogen-bond acceptors (Lipinski definition) is 5. The molecule has 0 saturated heterocycles.